The molecule has 1 unspecified atom stereocenters. The quantitative estimate of drug-likeness (QED) is 0.770. The van der Waals surface area contributed by atoms with E-state index in [-0.39, 0.29) is 5.75 Å². The van der Waals surface area contributed by atoms with E-state index in [1.54, 1.807) is 23.0 Å². The average molecular weight is 238 g/mol. The summed E-state index contributed by atoms with van der Waals surface area (Å²) in [4.78, 5) is 5.08. The summed E-state index contributed by atoms with van der Waals surface area (Å²) in [6.07, 6.45) is 1.80. The van der Waals surface area contributed by atoms with Crippen molar-refractivity contribution in [3.63, 3.8) is 0 Å². The van der Waals surface area contributed by atoms with Crippen molar-refractivity contribution in [2.75, 3.05) is 0 Å². The summed E-state index contributed by atoms with van der Waals surface area (Å²) in [6, 6.07) is 7.47. The van der Waals surface area contributed by atoms with E-state index in [1.165, 1.54) is 0 Å². The summed E-state index contributed by atoms with van der Waals surface area (Å²) in [5, 5.41) is 0. The maximum absolute atomic E-state index is 10.5. The van der Waals surface area contributed by atoms with E-state index in [0.717, 1.165) is 16.0 Å². The van der Waals surface area contributed by atoms with E-state index in [1.807, 2.05) is 24.3 Å². The second kappa shape index (κ2) is 4.65. The molecule has 2 rings (SSSR count). The maximum Gasteiger partial charge on any atom is 0.0797 e. The van der Waals surface area contributed by atoms with E-state index < -0.39 is 11.1 Å². The fraction of sp³-hybridized carbons (Fsp3) is 0.100. The van der Waals surface area contributed by atoms with E-state index in [4.69, 9.17) is 0 Å². The summed E-state index contributed by atoms with van der Waals surface area (Å²) in [7, 11) is 0. The minimum Gasteiger partial charge on any atom is -0.772 e. The van der Waals surface area contributed by atoms with Crippen molar-refractivity contribution in [2.45, 2.75) is 5.75 Å². The van der Waals surface area contributed by atoms with Crippen molar-refractivity contribution < 1.29 is 8.76 Å². The Kier molecular flexibility index (Phi) is 3.25. The van der Waals surface area contributed by atoms with Gasteiger partial charge in [0.15, 0.2) is 0 Å². The number of hydrogen-bond donors (Lipinski definition) is 0. The van der Waals surface area contributed by atoms with Crippen LogP contribution in [0.5, 0.6) is 0 Å². The molecular formula is C10H8NO2S2-. The van der Waals surface area contributed by atoms with Crippen LogP contribution >= 0.6 is 11.3 Å². The van der Waals surface area contributed by atoms with Crippen molar-refractivity contribution in [3.8, 4) is 10.4 Å². The Morgan fingerprint density at radius 1 is 1.33 bits per heavy atom. The highest BCUT2D eigenvalue weighted by Gasteiger charge is 1.99. The molecule has 0 spiro atoms. The van der Waals surface area contributed by atoms with Gasteiger partial charge in [0.1, 0.15) is 0 Å². The molecule has 0 bridgehead atoms. The topological polar surface area (TPSA) is 53.0 Å². The number of nitrogens with zero attached hydrogens (tertiary/aromatic N) is 1. The highest BCUT2D eigenvalue weighted by Crippen LogP contribution is 2.23. The monoisotopic (exact) mass is 238 g/mol. The molecule has 0 aliphatic heterocycles. The Labute approximate surface area is 94.1 Å². The fourth-order valence-corrected chi connectivity index (χ4v) is 2.35. The minimum atomic E-state index is -2.02. The molecule has 0 aliphatic rings. The molecule has 0 fully saturated rings. The molecule has 15 heavy (non-hydrogen) atoms. The predicted octanol–water partition coefficient (Wildman–Crippen LogP) is 2.19. The molecule has 0 saturated carbocycles. The van der Waals surface area contributed by atoms with Gasteiger partial charge in [0.05, 0.1) is 10.4 Å². The summed E-state index contributed by atoms with van der Waals surface area (Å²) in [6.45, 7) is 0. The summed E-state index contributed by atoms with van der Waals surface area (Å²) < 4.78 is 20.9. The number of rotatable bonds is 3. The van der Waals surface area contributed by atoms with Crippen LogP contribution in [0, 0.1) is 0 Å². The zero-order valence-corrected chi connectivity index (χ0v) is 9.38. The van der Waals surface area contributed by atoms with Crippen LogP contribution in [0.4, 0.5) is 0 Å². The molecule has 1 heterocycles. The minimum absolute atomic E-state index is 0.0724. The fourth-order valence-electron chi connectivity index (χ4n) is 1.26. The average Bonchev–Trinajstić information content (AvgIpc) is 2.71. The summed E-state index contributed by atoms with van der Waals surface area (Å²) in [5.74, 6) is 0.0724. The normalized spacial score (nSPS) is 12.6. The van der Waals surface area contributed by atoms with Gasteiger partial charge in [0, 0.05) is 11.9 Å². The van der Waals surface area contributed by atoms with E-state index in [2.05, 4.69) is 4.98 Å². The van der Waals surface area contributed by atoms with Crippen LogP contribution in [0.25, 0.3) is 10.4 Å². The second-order valence-electron chi connectivity index (χ2n) is 3.01. The van der Waals surface area contributed by atoms with Crippen LogP contribution in [0.2, 0.25) is 0 Å². The van der Waals surface area contributed by atoms with E-state index in [0.29, 0.717) is 0 Å². The molecule has 0 saturated heterocycles. The number of benzene rings is 1. The van der Waals surface area contributed by atoms with Crippen LogP contribution in [0.3, 0.4) is 0 Å². The highest BCUT2D eigenvalue weighted by atomic mass is 32.2. The molecule has 0 aliphatic carbocycles. The first kappa shape index (κ1) is 10.5. The van der Waals surface area contributed by atoms with Crippen LogP contribution in [0.15, 0.2) is 36.0 Å². The first-order chi connectivity index (χ1) is 7.25. The molecule has 0 radical (unpaired) electrons. The third-order valence-corrected chi connectivity index (χ3v) is 3.35. The van der Waals surface area contributed by atoms with Crippen molar-refractivity contribution in [3.05, 3.63) is 41.5 Å². The Bertz CT molecular complexity index is 451. The first-order valence-corrected chi connectivity index (χ1v) is 6.42. The lowest BCUT2D eigenvalue weighted by atomic mass is 10.1. The highest BCUT2D eigenvalue weighted by molar-refractivity contribution is 7.78. The van der Waals surface area contributed by atoms with Crippen LogP contribution in [-0.4, -0.2) is 13.7 Å². The van der Waals surface area contributed by atoms with Gasteiger partial charge in [-0.15, -0.1) is 11.3 Å². The van der Waals surface area contributed by atoms with Gasteiger partial charge in [-0.3, -0.25) is 9.19 Å². The van der Waals surface area contributed by atoms with Crippen LogP contribution < -0.4 is 0 Å². The third-order valence-electron chi connectivity index (χ3n) is 1.96. The lowest BCUT2D eigenvalue weighted by Gasteiger charge is -2.05. The van der Waals surface area contributed by atoms with Crippen molar-refractivity contribution in [2.24, 2.45) is 0 Å². The molecule has 1 aromatic heterocycles. The zero-order valence-electron chi connectivity index (χ0n) is 7.75. The second-order valence-corrected chi connectivity index (χ2v) is 4.79. The summed E-state index contributed by atoms with van der Waals surface area (Å²) >= 11 is -0.457. The van der Waals surface area contributed by atoms with Crippen LogP contribution in [-0.2, 0) is 16.8 Å². The Morgan fingerprint density at radius 3 is 2.60 bits per heavy atom. The lowest BCUT2D eigenvalue weighted by Crippen LogP contribution is -1.92. The number of thiazole rings is 1. The number of aromatic nitrogens is 1. The number of hydrogen-bond acceptors (Lipinski definition) is 4. The van der Waals surface area contributed by atoms with Crippen molar-refractivity contribution in [1.29, 1.82) is 0 Å². The molecule has 5 heteroatoms. The van der Waals surface area contributed by atoms with Gasteiger partial charge in [-0.2, -0.15) is 0 Å². The van der Waals surface area contributed by atoms with Gasteiger partial charge in [0.25, 0.3) is 0 Å². The molecule has 1 aromatic carbocycles. The smallest absolute Gasteiger partial charge is 0.0797 e. The van der Waals surface area contributed by atoms with Gasteiger partial charge in [-0.25, -0.2) is 0 Å². The SMILES string of the molecule is O=S([O-])Cc1ccc(-c2cncs2)cc1. The van der Waals surface area contributed by atoms with Gasteiger partial charge >= 0.3 is 0 Å². The predicted molar refractivity (Wildman–Crippen MR) is 60.2 cm³/mol. The molecular weight excluding hydrogens is 230 g/mol. The molecule has 2 aromatic rings. The van der Waals surface area contributed by atoms with Gasteiger partial charge in [0.2, 0.25) is 0 Å². The Balaban J connectivity index is 2.21. The Hall–Kier alpha value is -1.04. The van der Waals surface area contributed by atoms with Gasteiger partial charge in [-0.05, 0) is 11.1 Å². The van der Waals surface area contributed by atoms with Crippen molar-refractivity contribution in [1.82, 2.24) is 4.98 Å². The van der Waals surface area contributed by atoms with Crippen molar-refractivity contribution >= 4 is 22.4 Å². The molecule has 3 nitrogen and oxygen atoms in total. The zero-order chi connectivity index (χ0) is 10.7. The van der Waals surface area contributed by atoms with Crippen LogP contribution in [0.1, 0.15) is 5.56 Å². The maximum atomic E-state index is 10.5. The van der Waals surface area contributed by atoms with Gasteiger partial charge < -0.3 is 4.55 Å². The molecule has 78 valence electrons. The standard InChI is InChI=1S/C10H9NO2S2/c12-15(13)6-8-1-3-9(4-2-8)10-5-11-7-14-10/h1-5,7H,6H2,(H,12,13)/p-1. The first-order valence-electron chi connectivity index (χ1n) is 4.29. The lowest BCUT2D eigenvalue weighted by molar-refractivity contribution is 0.536. The molecule has 0 amide bonds. The largest absolute Gasteiger partial charge is 0.772 e. The van der Waals surface area contributed by atoms with E-state index in [9.17, 15) is 8.76 Å². The third kappa shape index (κ3) is 2.71. The Morgan fingerprint density at radius 2 is 2.07 bits per heavy atom. The van der Waals surface area contributed by atoms with E-state index >= 15 is 0 Å². The summed E-state index contributed by atoms with van der Waals surface area (Å²) in [5.41, 5.74) is 3.64. The van der Waals surface area contributed by atoms with Gasteiger partial charge in [-0.1, -0.05) is 35.3 Å². The molecule has 1 atom stereocenters. The molecule has 0 N–H and O–H groups in total.